The second-order valence-corrected chi connectivity index (χ2v) is 6.48. The third-order valence-corrected chi connectivity index (χ3v) is 4.89. The molecule has 1 atom stereocenters. The molecule has 6 heteroatoms. The molecule has 116 valence electrons. The van der Waals surface area contributed by atoms with E-state index in [1.165, 1.54) is 11.3 Å². The summed E-state index contributed by atoms with van der Waals surface area (Å²) in [6.07, 6.45) is 0.855. The van der Waals surface area contributed by atoms with E-state index >= 15 is 0 Å². The molecule has 1 aliphatic rings. The number of nitrogens with zero attached hydrogens (tertiary/aromatic N) is 3. The van der Waals surface area contributed by atoms with E-state index in [0.717, 1.165) is 23.4 Å². The molecule has 1 amide bonds. The Morgan fingerprint density at radius 3 is 2.87 bits per heavy atom. The molecule has 1 fully saturated rings. The Morgan fingerprint density at radius 1 is 1.22 bits per heavy atom. The van der Waals surface area contributed by atoms with Crippen molar-refractivity contribution >= 4 is 17.2 Å². The highest BCUT2D eigenvalue weighted by molar-refractivity contribution is 7.12. The van der Waals surface area contributed by atoms with Gasteiger partial charge >= 0.3 is 0 Å². The number of thiophene rings is 1. The first-order valence-corrected chi connectivity index (χ1v) is 8.41. The van der Waals surface area contributed by atoms with Crippen molar-refractivity contribution in [3.63, 3.8) is 0 Å². The fourth-order valence-corrected chi connectivity index (χ4v) is 3.50. The number of rotatable bonds is 3. The largest absolute Gasteiger partial charge is 0.339 e. The van der Waals surface area contributed by atoms with Gasteiger partial charge in [-0.1, -0.05) is 41.6 Å². The summed E-state index contributed by atoms with van der Waals surface area (Å²) < 4.78 is 5.43. The summed E-state index contributed by atoms with van der Waals surface area (Å²) in [6, 6.07) is 13.5. The van der Waals surface area contributed by atoms with Gasteiger partial charge in [-0.2, -0.15) is 4.98 Å². The summed E-state index contributed by atoms with van der Waals surface area (Å²) in [7, 11) is 0. The first kappa shape index (κ1) is 14.1. The summed E-state index contributed by atoms with van der Waals surface area (Å²) >= 11 is 1.47. The number of carbonyl (C=O) groups excluding carboxylic acids is 1. The zero-order valence-corrected chi connectivity index (χ0v) is 13.2. The minimum absolute atomic E-state index is 0.0882. The SMILES string of the molecule is O=C(c1cccs1)N1CCC(c2nc(-c3ccccc3)no2)C1. The molecule has 0 bridgehead atoms. The number of aromatic nitrogens is 2. The number of amides is 1. The molecule has 1 saturated heterocycles. The molecule has 1 aliphatic heterocycles. The Labute approximate surface area is 137 Å². The summed E-state index contributed by atoms with van der Waals surface area (Å²) in [6.45, 7) is 1.36. The van der Waals surface area contributed by atoms with Gasteiger partial charge in [-0.3, -0.25) is 4.79 Å². The lowest BCUT2D eigenvalue weighted by atomic mass is 10.1. The van der Waals surface area contributed by atoms with Gasteiger partial charge in [0.2, 0.25) is 11.7 Å². The van der Waals surface area contributed by atoms with Crippen molar-refractivity contribution in [3.05, 3.63) is 58.6 Å². The van der Waals surface area contributed by atoms with E-state index in [1.807, 2.05) is 52.7 Å². The smallest absolute Gasteiger partial charge is 0.263 e. The van der Waals surface area contributed by atoms with Gasteiger partial charge in [-0.25, -0.2) is 0 Å². The number of hydrogen-bond donors (Lipinski definition) is 0. The molecule has 5 nitrogen and oxygen atoms in total. The van der Waals surface area contributed by atoms with Crippen LogP contribution >= 0.6 is 11.3 Å². The molecular weight excluding hydrogens is 310 g/mol. The minimum atomic E-state index is 0.0882. The molecule has 23 heavy (non-hydrogen) atoms. The molecule has 0 saturated carbocycles. The molecule has 0 radical (unpaired) electrons. The van der Waals surface area contributed by atoms with Crippen LogP contribution in [-0.2, 0) is 0 Å². The molecule has 0 spiro atoms. The van der Waals surface area contributed by atoms with Crippen molar-refractivity contribution in [2.45, 2.75) is 12.3 Å². The molecule has 0 N–H and O–H groups in total. The third-order valence-electron chi connectivity index (χ3n) is 4.03. The van der Waals surface area contributed by atoms with E-state index < -0.39 is 0 Å². The van der Waals surface area contributed by atoms with Crippen molar-refractivity contribution in [2.24, 2.45) is 0 Å². The lowest BCUT2D eigenvalue weighted by molar-refractivity contribution is 0.0794. The van der Waals surface area contributed by atoms with Gasteiger partial charge in [0.1, 0.15) is 0 Å². The average molecular weight is 325 g/mol. The number of carbonyl (C=O) groups is 1. The monoisotopic (exact) mass is 325 g/mol. The van der Waals surface area contributed by atoms with Gasteiger partial charge in [0.15, 0.2) is 0 Å². The molecule has 1 aromatic carbocycles. The normalized spacial score (nSPS) is 17.6. The van der Waals surface area contributed by atoms with Gasteiger partial charge in [0.25, 0.3) is 5.91 Å². The highest BCUT2D eigenvalue weighted by Gasteiger charge is 2.31. The second kappa shape index (κ2) is 5.96. The molecular formula is C17H15N3O2S. The van der Waals surface area contributed by atoms with Crippen LogP contribution in [0.5, 0.6) is 0 Å². The maximum Gasteiger partial charge on any atom is 0.263 e. The standard InChI is InChI=1S/C17H15N3O2S/c21-17(14-7-4-10-23-14)20-9-8-13(11-20)16-18-15(19-22-16)12-5-2-1-3-6-12/h1-7,10,13H,8-9,11H2. The fourth-order valence-electron chi connectivity index (χ4n) is 2.81. The minimum Gasteiger partial charge on any atom is -0.339 e. The van der Waals surface area contributed by atoms with Crippen LogP contribution in [0.1, 0.15) is 27.9 Å². The van der Waals surface area contributed by atoms with E-state index in [-0.39, 0.29) is 11.8 Å². The zero-order chi connectivity index (χ0) is 15.6. The summed E-state index contributed by atoms with van der Waals surface area (Å²) in [4.78, 5) is 19.5. The van der Waals surface area contributed by atoms with Crippen LogP contribution in [0.2, 0.25) is 0 Å². The predicted molar refractivity (Wildman–Crippen MR) is 87.3 cm³/mol. The lowest BCUT2D eigenvalue weighted by Crippen LogP contribution is -2.27. The van der Waals surface area contributed by atoms with Gasteiger partial charge < -0.3 is 9.42 Å². The van der Waals surface area contributed by atoms with Gasteiger partial charge in [-0.15, -0.1) is 11.3 Å². The summed E-state index contributed by atoms with van der Waals surface area (Å²) in [5.74, 6) is 1.42. The summed E-state index contributed by atoms with van der Waals surface area (Å²) in [5.41, 5.74) is 0.937. The maximum absolute atomic E-state index is 12.4. The zero-order valence-electron chi connectivity index (χ0n) is 12.4. The van der Waals surface area contributed by atoms with Crippen LogP contribution in [0, 0.1) is 0 Å². The second-order valence-electron chi connectivity index (χ2n) is 5.54. The van der Waals surface area contributed by atoms with Crippen molar-refractivity contribution < 1.29 is 9.32 Å². The van der Waals surface area contributed by atoms with E-state index in [0.29, 0.717) is 18.3 Å². The van der Waals surface area contributed by atoms with Crippen molar-refractivity contribution in [3.8, 4) is 11.4 Å². The van der Waals surface area contributed by atoms with Crippen molar-refractivity contribution in [2.75, 3.05) is 13.1 Å². The summed E-state index contributed by atoms with van der Waals surface area (Å²) in [5, 5.41) is 5.98. The highest BCUT2D eigenvalue weighted by atomic mass is 32.1. The van der Waals surface area contributed by atoms with E-state index in [1.54, 1.807) is 0 Å². The Bertz CT molecular complexity index is 798. The Balaban J connectivity index is 1.48. The molecule has 3 aromatic rings. The lowest BCUT2D eigenvalue weighted by Gasteiger charge is -2.14. The van der Waals surface area contributed by atoms with Crippen LogP contribution in [-0.4, -0.2) is 34.0 Å². The van der Waals surface area contributed by atoms with Crippen molar-refractivity contribution in [1.82, 2.24) is 15.0 Å². The highest BCUT2D eigenvalue weighted by Crippen LogP contribution is 2.29. The van der Waals surface area contributed by atoms with Gasteiger partial charge in [0.05, 0.1) is 10.8 Å². The van der Waals surface area contributed by atoms with Crippen LogP contribution in [0.3, 0.4) is 0 Å². The molecule has 1 unspecified atom stereocenters. The first-order valence-electron chi connectivity index (χ1n) is 7.53. The van der Waals surface area contributed by atoms with Crippen LogP contribution < -0.4 is 0 Å². The first-order chi connectivity index (χ1) is 11.3. The predicted octanol–water partition coefficient (Wildman–Crippen LogP) is 3.43. The fraction of sp³-hybridized carbons (Fsp3) is 0.235. The number of benzene rings is 1. The van der Waals surface area contributed by atoms with E-state index in [9.17, 15) is 4.79 Å². The topological polar surface area (TPSA) is 59.2 Å². The molecule has 2 aromatic heterocycles. The number of likely N-dealkylation sites (tertiary alicyclic amines) is 1. The Hall–Kier alpha value is -2.47. The quantitative estimate of drug-likeness (QED) is 0.740. The third kappa shape index (κ3) is 2.77. The Kier molecular flexibility index (Phi) is 3.67. The van der Waals surface area contributed by atoms with E-state index in [4.69, 9.17) is 4.52 Å². The average Bonchev–Trinajstić information content (AvgIpc) is 3.35. The molecule has 3 heterocycles. The Morgan fingerprint density at radius 2 is 2.09 bits per heavy atom. The molecule has 0 aliphatic carbocycles. The van der Waals surface area contributed by atoms with Gasteiger partial charge in [-0.05, 0) is 17.9 Å². The van der Waals surface area contributed by atoms with Crippen LogP contribution in [0.25, 0.3) is 11.4 Å². The van der Waals surface area contributed by atoms with Crippen molar-refractivity contribution in [1.29, 1.82) is 0 Å². The van der Waals surface area contributed by atoms with Crippen LogP contribution in [0.15, 0.2) is 52.4 Å². The maximum atomic E-state index is 12.4. The van der Waals surface area contributed by atoms with Crippen LogP contribution in [0.4, 0.5) is 0 Å². The molecule has 4 rings (SSSR count). The van der Waals surface area contributed by atoms with Gasteiger partial charge in [0, 0.05) is 18.7 Å². The number of hydrogen-bond acceptors (Lipinski definition) is 5. The van der Waals surface area contributed by atoms with E-state index in [2.05, 4.69) is 10.1 Å².